The summed E-state index contributed by atoms with van der Waals surface area (Å²) in [5.74, 6) is 0.770. The van der Waals surface area contributed by atoms with Crippen molar-refractivity contribution in [3.8, 4) is 11.5 Å². The van der Waals surface area contributed by atoms with Crippen LogP contribution in [0.5, 0.6) is 11.5 Å². The quantitative estimate of drug-likeness (QED) is 0.358. The van der Waals surface area contributed by atoms with Gasteiger partial charge in [0.05, 0.1) is 16.8 Å². The third-order valence-corrected chi connectivity index (χ3v) is 6.14. The van der Waals surface area contributed by atoms with Crippen molar-refractivity contribution in [2.75, 3.05) is 21.1 Å². The first-order chi connectivity index (χ1) is 17.5. The molecule has 1 amide bonds. The molecule has 0 radical (unpaired) electrons. The number of ether oxygens (including phenoxy) is 2. The van der Waals surface area contributed by atoms with Crippen molar-refractivity contribution >= 4 is 34.1 Å². The molecule has 0 bridgehead atoms. The lowest BCUT2D eigenvalue weighted by atomic mass is 9.88. The molecule has 1 aromatic carbocycles. The van der Waals surface area contributed by atoms with Gasteiger partial charge in [0.15, 0.2) is 6.10 Å². The summed E-state index contributed by atoms with van der Waals surface area (Å²) >= 11 is 6.53. The third-order valence-electron chi connectivity index (χ3n) is 5.82. The summed E-state index contributed by atoms with van der Waals surface area (Å²) in [4.78, 5) is 23.6. The van der Waals surface area contributed by atoms with E-state index in [1.54, 1.807) is 19.3 Å². The zero-order chi connectivity index (χ0) is 27.3. The van der Waals surface area contributed by atoms with Gasteiger partial charge in [0.2, 0.25) is 0 Å². The molecule has 3 rings (SSSR count). The number of amides is 1. The molecule has 3 aromatic rings. The number of aryl methyl sites for hydroxylation is 1. The molecule has 0 aliphatic heterocycles. The number of pyridine rings is 2. The number of rotatable bonds is 9. The summed E-state index contributed by atoms with van der Waals surface area (Å²) in [6.45, 7) is 11.7. The number of benzene rings is 1. The minimum Gasteiger partial charge on any atom is -0.486 e. The first-order valence-electron chi connectivity index (χ1n) is 12.0. The zero-order valence-corrected chi connectivity index (χ0v) is 23.3. The summed E-state index contributed by atoms with van der Waals surface area (Å²) in [6.07, 6.45) is 6.08. The monoisotopic (exact) mass is 522 g/mol. The molecule has 0 saturated carbocycles. The van der Waals surface area contributed by atoms with Crippen molar-refractivity contribution in [1.29, 1.82) is 0 Å². The topological polar surface area (TPSA) is 76.6 Å². The van der Waals surface area contributed by atoms with E-state index in [4.69, 9.17) is 26.1 Å². The summed E-state index contributed by atoms with van der Waals surface area (Å²) in [5.41, 5.74) is 3.78. The summed E-state index contributed by atoms with van der Waals surface area (Å²) in [6, 6.07) is 7.89. The van der Waals surface area contributed by atoms with Crippen LogP contribution >= 0.6 is 11.6 Å². The van der Waals surface area contributed by atoms with E-state index in [1.165, 1.54) is 6.20 Å². The lowest BCUT2D eigenvalue weighted by Gasteiger charge is -2.30. The Bertz CT molecular complexity index is 1330. The van der Waals surface area contributed by atoms with Crippen molar-refractivity contribution in [3.63, 3.8) is 0 Å². The highest BCUT2D eigenvalue weighted by atomic mass is 35.5. The van der Waals surface area contributed by atoms with Gasteiger partial charge in [-0.1, -0.05) is 57.2 Å². The van der Waals surface area contributed by atoms with Gasteiger partial charge < -0.3 is 19.7 Å². The SMILES string of the molecule is C=C/C=C(/c1cc(C)nc2c(OCc3c(Cl)cncc3OC(C(=O)NC)C(C)(C)C)cccc12)N(C)C. The first kappa shape index (κ1) is 28.0. The Kier molecular flexibility index (Phi) is 8.81. The Morgan fingerprint density at radius 2 is 1.97 bits per heavy atom. The molecular formula is C29H35ClN4O3. The Morgan fingerprint density at radius 3 is 2.59 bits per heavy atom. The fourth-order valence-corrected chi connectivity index (χ4v) is 4.19. The molecule has 196 valence electrons. The molecule has 0 fully saturated rings. The van der Waals surface area contributed by atoms with Gasteiger partial charge >= 0.3 is 0 Å². The number of nitrogens with zero attached hydrogens (tertiary/aromatic N) is 3. The van der Waals surface area contributed by atoms with E-state index in [9.17, 15) is 4.79 Å². The molecule has 8 heteroatoms. The fourth-order valence-electron chi connectivity index (χ4n) is 3.99. The molecule has 0 aliphatic carbocycles. The molecule has 1 atom stereocenters. The number of hydrogen-bond acceptors (Lipinski definition) is 6. The van der Waals surface area contributed by atoms with E-state index in [-0.39, 0.29) is 12.5 Å². The van der Waals surface area contributed by atoms with Crippen LogP contribution in [0.4, 0.5) is 0 Å². The second-order valence-corrected chi connectivity index (χ2v) is 10.4. The van der Waals surface area contributed by atoms with Crippen molar-refractivity contribution in [2.45, 2.75) is 40.4 Å². The molecule has 1 unspecified atom stereocenters. The number of para-hydroxylation sites is 1. The van der Waals surface area contributed by atoms with E-state index in [0.717, 1.165) is 27.9 Å². The van der Waals surface area contributed by atoms with Gasteiger partial charge in [-0.05, 0) is 25.1 Å². The molecule has 7 nitrogen and oxygen atoms in total. The minimum atomic E-state index is -0.748. The van der Waals surface area contributed by atoms with E-state index in [0.29, 0.717) is 22.1 Å². The van der Waals surface area contributed by atoms with Crippen LogP contribution in [0.1, 0.15) is 37.6 Å². The molecule has 1 N–H and O–H groups in total. The van der Waals surface area contributed by atoms with Crippen LogP contribution in [0.3, 0.4) is 0 Å². The Hall–Kier alpha value is -3.58. The number of nitrogens with one attached hydrogen (secondary N) is 1. The lowest BCUT2D eigenvalue weighted by molar-refractivity contribution is -0.132. The molecule has 2 heterocycles. The van der Waals surface area contributed by atoms with Crippen LogP contribution in [0.25, 0.3) is 16.6 Å². The van der Waals surface area contributed by atoms with Crippen LogP contribution < -0.4 is 14.8 Å². The standard InChI is InChI=1S/C29H35ClN4O3/c1-9-11-23(34(7)8)20-14-18(2)33-26-19(20)12-10-13-24(26)36-17-21-22(30)15-32-16-25(21)37-27(28(35)31-6)29(3,4)5/h9-16,27H,1,17H2,2-8H3,(H,31,35)/b23-11-. The van der Waals surface area contributed by atoms with Gasteiger partial charge in [0.1, 0.15) is 23.6 Å². The molecule has 0 saturated heterocycles. The summed E-state index contributed by atoms with van der Waals surface area (Å²) < 4.78 is 12.4. The molecule has 0 spiro atoms. The van der Waals surface area contributed by atoms with Gasteiger partial charge in [-0.2, -0.15) is 0 Å². The van der Waals surface area contributed by atoms with E-state index in [1.807, 2.05) is 71.0 Å². The van der Waals surface area contributed by atoms with Gasteiger partial charge in [-0.3, -0.25) is 9.78 Å². The maximum Gasteiger partial charge on any atom is 0.261 e. The number of aromatic nitrogens is 2. The first-order valence-corrected chi connectivity index (χ1v) is 12.4. The van der Waals surface area contributed by atoms with Crippen LogP contribution in [-0.4, -0.2) is 48.0 Å². The highest BCUT2D eigenvalue weighted by Gasteiger charge is 2.33. The van der Waals surface area contributed by atoms with E-state index < -0.39 is 11.5 Å². The normalized spacial score (nSPS) is 12.7. The van der Waals surface area contributed by atoms with E-state index >= 15 is 0 Å². The maximum atomic E-state index is 12.6. The predicted octanol–water partition coefficient (Wildman–Crippen LogP) is 5.80. The second kappa shape index (κ2) is 11.6. The lowest BCUT2D eigenvalue weighted by Crippen LogP contribution is -2.45. The smallest absolute Gasteiger partial charge is 0.261 e. The van der Waals surface area contributed by atoms with Crippen molar-refractivity contribution in [2.24, 2.45) is 5.41 Å². The Balaban J connectivity index is 2.02. The summed E-state index contributed by atoms with van der Waals surface area (Å²) in [5, 5.41) is 4.01. The second-order valence-electron chi connectivity index (χ2n) is 10.0. The van der Waals surface area contributed by atoms with E-state index in [2.05, 4.69) is 22.9 Å². The number of carbonyl (C=O) groups excluding carboxylic acids is 1. The number of carbonyl (C=O) groups is 1. The largest absolute Gasteiger partial charge is 0.486 e. The summed E-state index contributed by atoms with van der Waals surface area (Å²) in [7, 11) is 5.57. The average molecular weight is 523 g/mol. The highest BCUT2D eigenvalue weighted by molar-refractivity contribution is 6.31. The number of likely N-dealkylation sites (N-methyl/N-ethyl adjacent to an activating group) is 1. The zero-order valence-electron chi connectivity index (χ0n) is 22.6. The number of allylic oxidation sites excluding steroid dienone is 2. The fraction of sp³-hybridized carbons (Fsp3) is 0.345. The van der Waals surface area contributed by atoms with Gasteiger partial charge in [-0.25, -0.2) is 4.98 Å². The van der Waals surface area contributed by atoms with Gasteiger partial charge in [0.25, 0.3) is 5.91 Å². The molecule has 0 aliphatic rings. The van der Waals surface area contributed by atoms with Crippen LogP contribution in [-0.2, 0) is 11.4 Å². The number of fused-ring (bicyclic) bond motifs is 1. The van der Waals surface area contributed by atoms with Crippen molar-refractivity contribution < 1.29 is 14.3 Å². The van der Waals surface area contributed by atoms with Gasteiger partial charge in [0, 0.05) is 55.1 Å². The Labute approximate surface area is 224 Å². The van der Waals surface area contributed by atoms with Crippen LogP contribution in [0.2, 0.25) is 5.02 Å². The number of hydrogen-bond donors (Lipinski definition) is 1. The average Bonchev–Trinajstić information content (AvgIpc) is 2.83. The third kappa shape index (κ3) is 6.41. The van der Waals surface area contributed by atoms with Crippen LogP contribution in [0.15, 0.2) is 55.4 Å². The van der Waals surface area contributed by atoms with Gasteiger partial charge in [-0.15, -0.1) is 0 Å². The van der Waals surface area contributed by atoms with Crippen LogP contribution in [0, 0.1) is 12.3 Å². The highest BCUT2D eigenvalue weighted by Crippen LogP contribution is 2.34. The van der Waals surface area contributed by atoms with Crippen molar-refractivity contribution in [3.05, 3.63) is 77.2 Å². The molecule has 37 heavy (non-hydrogen) atoms. The number of halogens is 1. The Morgan fingerprint density at radius 1 is 1.24 bits per heavy atom. The maximum absolute atomic E-state index is 12.6. The van der Waals surface area contributed by atoms with Crippen molar-refractivity contribution in [1.82, 2.24) is 20.2 Å². The predicted molar refractivity (Wildman–Crippen MR) is 150 cm³/mol. The minimum absolute atomic E-state index is 0.106. The molecule has 2 aromatic heterocycles. The molecular weight excluding hydrogens is 488 g/mol.